The zero-order valence-electron chi connectivity index (χ0n) is 2.45. The number of hydrogen-bond acceptors (Lipinski definition) is 4. The van der Waals surface area contributed by atoms with Crippen LogP contribution in [0.4, 0.5) is 0 Å². The Kier molecular flexibility index (Phi) is 1.82. The van der Waals surface area contributed by atoms with Gasteiger partial charge in [0.1, 0.15) is 0 Å². The van der Waals surface area contributed by atoms with Crippen LogP contribution >= 0.6 is 0 Å². The molecule has 0 aromatic carbocycles. The smallest absolute Gasteiger partial charge is 0.168 e. The van der Waals surface area contributed by atoms with Crippen molar-refractivity contribution >= 4 is 18.5 Å². The molecule has 0 amide bonds. The zero-order valence-corrected chi connectivity index (χ0v) is 4.08. The molecule has 0 spiro atoms. The lowest BCUT2D eigenvalue weighted by atomic mass is 15.9. The molecule has 0 unspecified atom stereocenters. The molecule has 6 heavy (non-hydrogen) atoms. The summed E-state index contributed by atoms with van der Waals surface area (Å²) >= 11 is 0. The van der Waals surface area contributed by atoms with Crippen molar-refractivity contribution < 1.29 is 16.8 Å². The normalized spacial score (nSPS) is 7.33. The summed E-state index contributed by atoms with van der Waals surface area (Å²) < 4.78 is 36.3. The highest BCUT2D eigenvalue weighted by Gasteiger charge is 1.61. The predicted molar refractivity (Wildman–Crippen MR) is 17.8 cm³/mol. The van der Waals surface area contributed by atoms with Crippen LogP contribution in [0.5, 0.6) is 0 Å². The molecule has 0 atom stereocenters. The largest absolute Gasteiger partial charge is 0.335 e. The second-order valence-corrected chi connectivity index (χ2v) is 2.86. The molecule has 6 heteroatoms. The van der Waals surface area contributed by atoms with E-state index in [0.29, 0.717) is 0 Å². The first-order valence-electron chi connectivity index (χ1n) is 0.833. The van der Waals surface area contributed by atoms with Gasteiger partial charge in [0, 0.05) is 0 Å². The molecule has 0 aliphatic rings. The summed E-state index contributed by atoms with van der Waals surface area (Å²) in [4.78, 5) is 0. The summed E-state index contributed by atoms with van der Waals surface area (Å²) in [6.45, 7) is 0. The van der Waals surface area contributed by atoms with E-state index >= 15 is 0 Å². The third-order valence-electron chi connectivity index (χ3n) is 0.111. The third-order valence-corrected chi connectivity index (χ3v) is 1.00. The van der Waals surface area contributed by atoms with Crippen LogP contribution < -0.4 is 0 Å². The molecule has 0 saturated carbocycles. The van der Waals surface area contributed by atoms with Gasteiger partial charge in [0.15, 0.2) is 0 Å². The Hall–Kier alpha value is -0.360. The van der Waals surface area contributed by atoms with E-state index in [0.717, 1.165) is 0 Å². The monoisotopic (exact) mass is 128 g/mol. The summed E-state index contributed by atoms with van der Waals surface area (Å²) in [5.41, 5.74) is 0. The highest BCUT2D eigenvalue weighted by Crippen LogP contribution is 1.31. The lowest BCUT2D eigenvalue weighted by molar-refractivity contribution is 0.611. The van der Waals surface area contributed by atoms with Gasteiger partial charge in [-0.1, -0.05) is 0 Å². The average molecular weight is 128 g/mol. The Bertz CT molecular complexity index is 191. The molecular weight excluding hydrogens is 128 g/mol. The molecule has 4 nitrogen and oxygen atoms in total. The van der Waals surface area contributed by atoms with Crippen LogP contribution in [0, 0.1) is 0 Å². The third kappa shape index (κ3) is 1.91. The van der Waals surface area contributed by atoms with Gasteiger partial charge in [-0.15, -0.1) is 0 Å². The Balaban J connectivity index is 5.99. The molecule has 0 fully saturated rings. The predicted octanol–water partition coefficient (Wildman–Crippen LogP) is -1.34. The van der Waals surface area contributed by atoms with Gasteiger partial charge in [0.05, 0.1) is 0 Å². The summed E-state index contributed by atoms with van der Waals surface area (Å²) in [6.07, 6.45) is 0. The Labute approximate surface area is 36.1 Å². The zero-order chi connectivity index (χ0) is 5.15. The first-order valence-corrected chi connectivity index (χ1v) is 3.50. The first kappa shape index (κ1) is 5.64. The van der Waals surface area contributed by atoms with Crippen molar-refractivity contribution in [2.24, 2.45) is 0 Å². The molecule has 0 N–H and O–H groups in total. The molecule has 0 aromatic rings. The van der Waals surface area contributed by atoms with E-state index in [1.54, 1.807) is 0 Å². The molecule has 0 radical (unpaired) electrons. The fourth-order valence-corrected chi connectivity index (χ4v) is 0. The Morgan fingerprint density at radius 2 is 0.833 bits per heavy atom. The van der Waals surface area contributed by atoms with Crippen molar-refractivity contribution in [2.45, 2.75) is 0 Å². The van der Waals surface area contributed by atoms with Gasteiger partial charge in [-0.2, -0.15) is 16.8 Å². The quantitative estimate of drug-likeness (QED) is 0.405. The topological polar surface area (TPSA) is 68.3 Å². The number of rotatable bonds is 0. The van der Waals surface area contributed by atoms with Crippen LogP contribution in [0.1, 0.15) is 0 Å². The van der Waals surface area contributed by atoms with Crippen LogP contribution in [-0.2, 0) is 18.5 Å². The van der Waals surface area contributed by atoms with E-state index in [1.165, 1.54) is 0 Å². The first-order chi connectivity index (χ1) is 2.64. The molecule has 0 heterocycles. The summed E-state index contributed by atoms with van der Waals surface area (Å²) in [5, 5.41) is 0. The fourth-order valence-electron chi connectivity index (χ4n) is 0. The maximum absolute atomic E-state index is 9.09. The molecule has 36 valence electrons. The molecule has 0 aliphatic carbocycles. The van der Waals surface area contributed by atoms with E-state index in [1.807, 2.05) is 0 Å². The van der Waals surface area contributed by atoms with Gasteiger partial charge in [-0.05, 0) is 0 Å². The van der Waals surface area contributed by atoms with Crippen molar-refractivity contribution in [1.29, 1.82) is 0 Å². The second-order valence-electron chi connectivity index (χ2n) is 0.408. The molecule has 0 aliphatic heterocycles. The van der Waals surface area contributed by atoms with Crippen molar-refractivity contribution in [2.75, 3.05) is 0 Å². The Morgan fingerprint density at radius 1 is 0.667 bits per heavy atom. The van der Waals surface area contributed by atoms with Crippen LogP contribution in [-0.4, -0.2) is 16.8 Å². The van der Waals surface area contributed by atoms with Crippen molar-refractivity contribution in [3.05, 3.63) is 0 Å². The average Bonchev–Trinajstić information content (AvgIpc) is 1.36. The van der Waals surface area contributed by atoms with Crippen molar-refractivity contribution in [3.8, 4) is 0 Å². The highest BCUT2D eigenvalue weighted by atomic mass is 32.8. The highest BCUT2D eigenvalue weighted by molar-refractivity contribution is 8.21. The van der Waals surface area contributed by atoms with Gasteiger partial charge in [0.25, 0.3) is 0 Å². The second kappa shape index (κ2) is 1.93. The number of hydrogen-bond donors (Lipinski definition) is 0. The van der Waals surface area contributed by atoms with Gasteiger partial charge < -0.3 is 0 Å². The lowest BCUT2D eigenvalue weighted by Crippen LogP contribution is -1.54. The van der Waals surface area contributed by atoms with Crippen molar-refractivity contribution in [3.63, 3.8) is 0 Å². The summed E-state index contributed by atoms with van der Waals surface area (Å²) in [6, 6.07) is 0. The molecule has 0 bridgehead atoms. The Morgan fingerprint density at radius 3 is 0.833 bits per heavy atom. The van der Waals surface area contributed by atoms with E-state index in [-0.39, 0.29) is 0 Å². The van der Waals surface area contributed by atoms with Crippen LogP contribution in [0.15, 0.2) is 0 Å². The molecular formula is O4S2. The van der Waals surface area contributed by atoms with E-state index < -0.39 is 18.5 Å². The van der Waals surface area contributed by atoms with Gasteiger partial charge in [-0.25, -0.2) is 0 Å². The van der Waals surface area contributed by atoms with E-state index in [9.17, 15) is 0 Å². The molecule has 0 rings (SSSR count). The van der Waals surface area contributed by atoms with E-state index in [2.05, 4.69) is 0 Å². The van der Waals surface area contributed by atoms with Crippen LogP contribution in [0.2, 0.25) is 0 Å². The minimum atomic E-state index is -2.95. The minimum Gasteiger partial charge on any atom is -0.168 e. The van der Waals surface area contributed by atoms with Gasteiger partial charge >= 0.3 is 18.5 Å². The summed E-state index contributed by atoms with van der Waals surface area (Å²) in [5.74, 6) is 0. The molecule has 0 aromatic heterocycles. The lowest BCUT2D eigenvalue weighted by Gasteiger charge is -1.27. The maximum atomic E-state index is 9.09. The fraction of sp³-hybridized carbons (Fsp3) is 0. The SMILES string of the molecule is O=S(=O)=S(=O)=O. The summed E-state index contributed by atoms with van der Waals surface area (Å²) in [7, 11) is -5.90. The maximum Gasteiger partial charge on any atom is 0.335 e. The van der Waals surface area contributed by atoms with Gasteiger partial charge in [0.2, 0.25) is 0 Å². The standard InChI is InChI=1S/O4S2/c1-5(2)6(3)4. The van der Waals surface area contributed by atoms with E-state index in [4.69, 9.17) is 16.8 Å². The minimum absolute atomic E-state index is 2.95. The van der Waals surface area contributed by atoms with Crippen LogP contribution in [0.25, 0.3) is 0 Å². The van der Waals surface area contributed by atoms with Gasteiger partial charge in [-0.3, -0.25) is 0 Å². The molecule has 0 saturated heterocycles. The van der Waals surface area contributed by atoms with Crippen molar-refractivity contribution in [1.82, 2.24) is 0 Å². The van der Waals surface area contributed by atoms with Crippen LogP contribution in [0.3, 0.4) is 0 Å².